The van der Waals surface area contributed by atoms with Gasteiger partial charge in [0.1, 0.15) is 5.54 Å². The minimum absolute atomic E-state index is 0.0622. The van der Waals surface area contributed by atoms with Gasteiger partial charge in [0.15, 0.2) is 0 Å². The first-order chi connectivity index (χ1) is 8.80. The summed E-state index contributed by atoms with van der Waals surface area (Å²) in [4.78, 5) is 0.0622. The minimum atomic E-state index is -3.94. The van der Waals surface area contributed by atoms with Gasteiger partial charge in [-0.05, 0) is 31.0 Å². The largest absolute Gasteiger partial charge is 0.394 e. The number of hydrogen-bond acceptors (Lipinski definition) is 5. The zero-order valence-corrected chi connectivity index (χ0v) is 11.7. The summed E-state index contributed by atoms with van der Waals surface area (Å²) in [7, 11) is -3.94. The number of hydrogen-bond donors (Lipinski definition) is 4. The maximum absolute atomic E-state index is 12.3. The van der Waals surface area contributed by atoms with Crippen LogP contribution >= 0.6 is 0 Å². The van der Waals surface area contributed by atoms with E-state index in [2.05, 4.69) is 4.72 Å². The molecule has 0 unspecified atom stereocenters. The predicted molar refractivity (Wildman–Crippen MR) is 70.2 cm³/mol. The number of nitrogens with one attached hydrogen (secondary N) is 1. The smallest absolute Gasteiger partial charge is 0.241 e. The molecule has 0 aliphatic carbocycles. The molecule has 1 aromatic carbocycles. The number of aliphatic hydroxyl groups is 3. The Hall–Kier alpha value is -0.990. The fraction of sp³-hybridized carbons (Fsp3) is 0.500. The van der Waals surface area contributed by atoms with Crippen molar-refractivity contribution in [1.29, 1.82) is 0 Å². The van der Waals surface area contributed by atoms with Gasteiger partial charge in [-0.25, -0.2) is 8.42 Å². The summed E-state index contributed by atoms with van der Waals surface area (Å²) >= 11 is 0. The zero-order valence-electron chi connectivity index (χ0n) is 10.9. The Kier molecular flexibility index (Phi) is 5.05. The highest BCUT2D eigenvalue weighted by molar-refractivity contribution is 7.89. The lowest BCUT2D eigenvalue weighted by molar-refractivity contribution is 0.0582. The minimum Gasteiger partial charge on any atom is -0.394 e. The topological polar surface area (TPSA) is 107 Å². The van der Waals surface area contributed by atoms with E-state index in [4.69, 9.17) is 15.3 Å². The Bertz CT molecular complexity index is 529. The molecule has 0 amide bonds. The van der Waals surface area contributed by atoms with Gasteiger partial charge >= 0.3 is 0 Å². The summed E-state index contributed by atoms with van der Waals surface area (Å²) in [6.07, 6.45) is 0. The van der Waals surface area contributed by atoms with Crippen LogP contribution in [0.3, 0.4) is 0 Å². The van der Waals surface area contributed by atoms with E-state index in [0.29, 0.717) is 5.56 Å². The van der Waals surface area contributed by atoms with Crippen LogP contribution in [0.1, 0.15) is 11.1 Å². The number of aliphatic hydroxyl groups excluding tert-OH is 3. The summed E-state index contributed by atoms with van der Waals surface area (Å²) in [5.74, 6) is 0. The van der Waals surface area contributed by atoms with Crippen molar-refractivity contribution in [2.45, 2.75) is 24.3 Å². The van der Waals surface area contributed by atoms with Gasteiger partial charge in [0, 0.05) is 0 Å². The first-order valence-corrected chi connectivity index (χ1v) is 7.22. The molecule has 0 aliphatic heterocycles. The standard InChI is InChI=1S/C12H19NO5S/c1-9-3-4-10(2)11(5-9)19(17,18)13-12(6-14,7-15)8-16/h3-5,13-16H,6-8H2,1-2H3. The molecule has 0 saturated heterocycles. The third kappa shape index (κ3) is 3.52. The first kappa shape index (κ1) is 16.1. The second-order valence-electron chi connectivity index (χ2n) is 4.63. The van der Waals surface area contributed by atoms with Crippen molar-refractivity contribution >= 4 is 10.0 Å². The summed E-state index contributed by atoms with van der Waals surface area (Å²) in [5.41, 5.74) is -0.357. The Morgan fingerprint density at radius 2 is 1.63 bits per heavy atom. The van der Waals surface area contributed by atoms with Crippen LogP contribution in [-0.4, -0.2) is 49.1 Å². The molecule has 4 N–H and O–H groups in total. The Morgan fingerprint density at radius 3 is 2.11 bits per heavy atom. The van der Waals surface area contributed by atoms with Gasteiger partial charge in [0.25, 0.3) is 0 Å². The van der Waals surface area contributed by atoms with Gasteiger partial charge in [0.2, 0.25) is 10.0 Å². The number of sulfonamides is 1. The average Bonchev–Trinajstić information content (AvgIpc) is 2.39. The maximum atomic E-state index is 12.3. The fourth-order valence-corrected chi connectivity index (χ4v) is 3.29. The normalized spacial score (nSPS) is 12.7. The van der Waals surface area contributed by atoms with Crippen LogP contribution in [-0.2, 0) is 10.0 Å². The lowest BCUT2D eigenvalue weighted by Gasteiger charge is -2.28. The lowest BCUT2D eigenvalue weighted by atomic mass is 10.1. The average molecular weight is 289 g/mol. The lowest BCUT2D eigenvalue weighted by Crippen LogP contribution is -2.56. The predicted octanol–water partition coefficient (Wildman–Crippen LogP) is -0.703. The number of benzene rings is 1. The van der Waals surface area contributed by atoms with Crippen LogP contribution in [0.25, 0.3) is 0 Å². The molecule has 1 rings (SSSR count). The van der Waals surface area contributed by atoms with E-state index in [1.807, 2.05) is 0 Å². The van der Waals surface area contributed by atoms with Crippen molar-refractivity contribution in [3.8, 4) is 0 Å². The van der Waals surface area contributed by atoms with Crippen LogP contribution in [0.4, 0.5) is 0 Å². The molecule has 1 aromatic rings. The molecule has 0 radical (unpaired) electrons. The molecule has 7 heteroatoms. The van der Waals surface area contributed by atoms with E-state index in [9.17, 15) is 8.42 Å². The summed E-state index contributed by atoms with van der Waals surface area (Å²) in [5, 5.41) is 27.5. The van der Waals surface area contributed by atoms with Gasteiger partial charge in [-0.1, -0.05) is 12.1 Å². The van der Waals surface area contributed by atoms with Gasteiger partial charge < -0.3 is 15.3 Å². The molecular formula is C12H19NO5S. The highest BCUT2D eigenvalue weighted by Gasteiger charge is 2.34. The Morgan fingerprint density at radius 1 is 1.11 bits per heavy atom. The monoisotopic (exact) mass is 289 g/mol. The van der Waals surface area contributed by atoms with Crippen molar-refractivity contribution in [2.24, 2.45) is 0 Å². The molecule has 0 atom stereocenters. The van der Waals surface area contributed by atoms with E-state index in [0.717, 1.165) is 5.56 Å². The molecule has 0 aromatic heterocycles. The second kappa shape index (κ2) is 5.98. The van der Waals surface area contributed by atoms with Crippen molar-refractivity contribution in [1.82, 2.24) is 4.72 Å². The van der Waals surface area contributed by atoms with Crippen LogP contribution in [0, 0.1) is 13.8 Å². The van der Waals surface area contributed by atoms with E-state index in [1.165, 1.54) is 6.07 Å². The van der Waals surface area contributed by atoms with Gasteiger partial charge in [0.05, 0.1) is 24.7 Å². The van der Waals surface area contributed by atoms with Crippen LogP contribution in [0.2, 0.25) is 0 Å². The molecular weight excluding hydrogens is 270 g/mol. The number of rotatable bonds is 6. The van der Waals surface area contributed by atoms with Crippen LogP contribution < -0.4 is 4.72 Å². The molecule has 6 nitrogen and oxygen atoms in total. The van der Waals surface area contributed by atoms with E-state index in [-0.39, 0.29) is 4.90 Å². The third-order valence-electron chi connectivity index (χ3n) is 2.89. The first-order valence-electron chi connectivity index (χ1n) is 5.74. The molecule has 19 heavy (non-hydrogen) atoms. The van der Waals surface area contributed by atoms with Crippen LogP contribution in [0.5, 0.6) is 0 Å². The van der Waals surface area contributed by atoms with Gasteiger partial charge in [-0.15, -0.1) is 0 Å². The quantitative estimate of drug-likeness (QED) is 0.554. The number of aryl methyl sites for hydroxylation is 2. The third-order valence-corrected chi connectivity index (χ3v) is 4.61. The molecule has 0 saturated carbocycles. The highest BCUT2D eigenvalue weighted by atomic mass is 32.2. The summed E-state index contributed by atoms with van der Waals surface area (Å²) < 4.78 is 26.7. The maximum Gasteiger partial charge on any atom is 0.241 e. The van der Waals surface area contributed by atoms with E-state index >= 15 is 0 Å². The van der Waals surface area contributed by atoms with Crippen molar-refractivity contribution in [2.75, 3.05) is 19.8 Å². The molecule has 0 fully saturated rings. The molecule has 0 spiro atoms. The Balaban J connectivity index is 3.21. The SMILES string of the molecule is Cc1ccc(C)c(S(=O)(=O)NC(CO)(CO)CO)c1. The van der Waals surface area contributed by atoms with Crippen molar-refractivity contribution in [3.63, 3.8) is 0 Å². The summed E-state index contributed by atoms with van der Waals surface area (Å²) in [6, 6.07) is 4.95. The van der Waals surface area contributed by atoms with Crippen LogP contribution in [0.15, 0.2) is 23.1 Å². The van der Waals surface area contributed by atoms with Gasteiger partial charge in [-0.3, -0.25) is 0 Å². The van der Waals surface area contributed by atoms with Crippen molar-refractivity contribution in [3.05, 3.63) is 29.3 Å². The van der Waals surface area contributed by atoms with Crippen molar-refractivity contribution < 1.29 is 23.7 Å². The van der Waals surface area contributed by atoms with E-state index < -0.39 is 35.4 Å². The van der Waals surface area contributed by atoms with Gasteiger partial charge in [-0.2, -0.15) is 4.72 Å². The molecule has 0 bridgehead atoms. The molecule has 0 heterocycles. The highest BCUT2D eigenvalue weighted by Crippen LogP contribution is 2.18. The molecule has 108 valence electrons. The zero-order chi connectivity index (χ0) is 14.7. The Labute approximate surface area is 112 Å². The summed E-state index contributed by atoms with van der Waals surface area (Å²) in [6.45, 7) is 1.29. The second-order valence-corrected chi connectivity index (χ2v) is 6.28. The molecule has 0 aliphatic rings. The fourth-order valence-electron chi connectivity index (χ4n) is 1.58. The van der Waals surface area contributed by atoms with E-state index in [1.54, 1.807) is 26.0 Å².